The number of para-hydroxylation sites is 1. The number of amidine groups is 1. The summed E-state index contributed by atoms with van der Waals surface area (Å²) in [7, 11) is 0. The third-order valence-electron chi connectivity index (χ3n) is 4.23. The van der Waals surface area contributed by atoms with Crippen molar-refractivity contribution in [1.29, 1.82) is 0 Å². The highest BCUT2D eigenvalue weighted by atomic mass is 35.5. The molecule has 150 valence electrons. The Labute approximate surface area is 182 Å². The maximum absolute atomic E-state index is 13.7. The van der Waals surface area contributed by atoms with Gasteiger partial charge in [0.25, 0.3) is 5.91 Å². The molecule has 1 aliphatic rings. The first-order chi connectivity index (χ1) is 14.6. The van der Waals surface area contributed by atoms with Gasteiger partial charge in [-0.05, 0) is 53.7 Å². The van der Waals surface area contributed by atoms with E-state index in [1.54, 1.807) is 42.5 Å². The second-order valence-corrected chi connectivity index (χ2v) is 7.83. The molecule has 7 heteroatoms. The van der Waals surface area contributed by atoms with E-state index in [0.717, 1.165) is 11.3 Å². The molecule has 0 atom stereocenters. The minimum atomic E-state index is -0.327. The van der Waals surface area contributed by atoms with Gasteiger partial charge >= 0.3 is 0 Å². The number of carbonyl (C=O) groups is 1. The largest absolute Gasteiger partial charge is 0.487 e. The molecule has 1 saturated heterocycles. The maximum atomic E-state index is 13.7. The minimum absolute atomic E-state index is 0.0738. The topological polar surface area (TPSA) is 50.7 Å². The smallest absolute Gasteiger partial charge is 0.264 e. The van der Waals surface area contributed by atoms with E-state index in [1.807, 2.05) is 30.3 Å². The average Bonchev–Trinajstić information content (AvgIpc) is 3.08. The number of ether oxygens (including phenoxy) is 1. The molecule has 4 rings (SSSR count). The van der Waals surface area contributed by atoms with Crippen LogP contribution in [0.2, 0.25) is 5.02 Å². The van der Waals surface area contributed by atoms with Crippen LogP contribution in [0.1, 0.15) is 11.1 Å². The molecule has 0 radical (unpaired) electrons. The molecule has 1 fully saturated rings. The van der Waals surface area contributed by atoms with Crippen molar-refractivity contribution in [3.63, 3.8) is 0 Å². The predicted octanol–water partition coefficient (Wildman–Crippen LogP) is 5.95. The number of carbonyl (C=O) groups excluding carboxylic acids is 1. The zero-order valence-corrected chi connectivity index (χ0v) is 17.2. The molecule has 4 nitrogen and oxygen atoms in total. The van der Waals surface area contributed by atoms with Gasteiger partial charge in [0.1, 0.15) is 18.2 Å². The van der Waals surface area contributed by atoms with Gasteiger partial charge in [-0.15, -0.1) is 0 Å². The summed E-state index contributed by atoms with van der Waals surface area (Å²) in [6.07, 6.45) is 1.74. The lowest BCUT2D eigenvalue weighted by molar-refractivity contribution is -0.115. The van der Waals surface area contributed by atoms with Crippen molar-refractivity contribution in [3.05, 3.63) is 99.7 Å². The summed E-state index contributed by atoms with van der Waals surface area (Å²) >= 11 is 7.58. The van der Waals surface area contributed by atoms with Crippen LogP contribution in [0.25, 0.3) is 6.08 Å². The molecular weight excluding hydrogens is 423 g/mol. The Bertz CT molecular complexity index is 1150. The van der Waals surface area contributed by atoms with Gasteiger partial charge < -0.3 is 10.1 Å². The molecule has 0 spiro atoms. The number of benzene rings is 3. The summed E-state index contributed by atoms with van der Waals surface area (Å²) in [6, 6.07) is 21.0. The van der Waals surface area contributed by atoms with Gasteiger partial charge in [0.15, 0.2) is 5.17 Å². The van der Waals surface area contributed by atoms with Gasteiger partial charge in [-0.2, -0.15) is 0 Å². The molecule has 0 aromatic heterocycles. The third kappa shape index (κ3) is 4.90. The van der Waals surface area contributed by atoms with Crippen molar-refractivity contribution >= 4 is 46.2 Å². The Morgan fingerprint density at radius 2 is 1.83 bits per heavy atom. The maximum Gasteiger partial charge on any atom is 0.264 e. The summed E-state index contributed by atoms with van der Waals surface area (Å²) in [5.41, 5.74) is 1.96. The van der Waals surface area contributed by atoms with Crippen LogP contribution in [0.3, 0.4) is 0 Å². The van der Waals surface area contributed by atoms with Crippen LogP contribution < -0.4 is 10.1 Å². The highest BCUT2D eigenvalue weighted by Gasteiger charge is 2.23. The first-order valence-electron chi connectivity index (χ1n) is 9.09. The van der Waals surface area contributed by atoms with Crippen molar-refractivity contribution in [3.8, 4) is 5.75 Å². The lowest BCUT2D eigenvalue weighted by atomic mass is 10.2. The van der Waals surface area contributed by atoms with Crippen molar-refractivity contribution in [2.45, 2.75) is 6.61 Å². The quantitative estimate of drug-likeness (QED) is 0.501. The lowest BCUT2D eigenvalue weighted by Gasteiger charge is -2.09. The molecular formula is C23H16ClFN2O2S. The third-order valence-corrected chi connectivity index (χ3v) is 5.44. The molecule has 3 aromatic rings. The summed E-state index contributed by atoms with van der Waals surface area (Å²) < 4.78 is 19.4. The normalized spacial score (nSPS) is 16.1. The number of hydrogen-bond donors (Lipinski definition) is 1. The van der Waals surface area contributed by atoms with Crippen LogP contribution in [-0.2, 0) is 11.4 Å². The fourth-order valence-electron chi connectivity index (χ4n) is 2.75. The van der Waals surface area contributed by atoms with Crippen LogP contribution in [0.15, 0.2) is 82.7 Å². The summed E-state index contributed by atoms with van der Waals surface area (Å²) in [5, 5.41) is 3.65. The molecule has 30 heavy (non-hydrogen) atoms. The Morgan fingerprint density at radius 3 is 2.60 bits per heavy atom. The van der Waals surface area contributed by atoms with E-state index in [0.29, 0.717) is 26.4 Å². The number of rotatable bonds is 5. The Kier molecular flexibility index (Phi) is 6.16. The van der Waals surface area contributed by atoms with Crippen LogP contribution in [0.4, 0.5) is 10.1 Å². The van der Waals surface area contributed by atoms with E-state index in [1.165, 1.54) is 17.8 Å². The number of halogens is 2. The van der Waals surface area contributed by atoms with Crippen molar-refractivity contribution in [2.24, 2.45) is 4.99 Å². The highest BCUT2D eigenvalue weighted by molar-refractivity contribution is 8.18. The van der Waals surface area contributed by atoms with Crippen LogP contribution in [-0.4, -0.2) is 11.1 Å². The van der Waals surface area contributed by atoms with Crippen LogP contribution in [0, 0.1) is 5.82 Å². The molecule has 3 aromatic carbocycles. The van der Waals surface area contributed by atoms with Gasteiger partial charge in [0.2, 0.25) is 0 Å². The fraction of sp³-hybridized carbons (Fsp3) is 0.0435. The second kappa shape index (κ2) is 9.15. The van der Waals surface area contributed by atoms with E-state index >= 15 is 0 Å². The van der Waals surface area contributed by atoms with Gasteiger partial charge in [-0.3, -0.25) is 4.79 Å². The Morgan fingerprint density at radius 1 is 1.07 bits per heavy atom. The number of nitrogens with zero attached hydrogens (tertiary/aromatic N) is 1. The van der Waals surface area contributed by atoms with E-state index < -0.39 is 0 Å². The van der Waals surface area contributed by atoms with Crippen molar-refractivity contribution in [2.75, 3.05) is 0 Å². The SMILES string of the molecule is O=C1NC(=Nc2ccccc2)S/C1=C\c1ccc(OCc2ccccc2F)c(Cl)c1. The van der Waals surface area contributed by atoms with E-state index in [2.05, 4.69) is 10.3 Å². The van der Waals surface area contributed by atoms with Crippen molar-refractivity contribution in [1.82, 2.24) is 5.32 Å². The summed E-state index contributed by atoms with van der Waals surface area (Å²) in [6.45, 7) is 0.0738. The van der Waals surface area contributed by atoms with Gasteiger partial charge in [-0.1, -0.05) is 54.1 Å². The van der Waals surface area contributed by atoms with E-state index in [4.69, 9.17) is 16.3 Å². The number of aliphatic imine (C=N–C) groups is 1. The molecule has 1 amide bonds. The standard InChI is InChI=1S/C23H16ClFN2O2S/c24-18-12-15(10-11-20(18)29-14-16-6-4-5-9-19(16)25)13-21-22(28)27-23(30-21)26-17-7-2-1-3-8-17/h1-13H,14H2,(H,26,27,28)/b21-13-. The number of hydrogen-bond acceptors (Lipinski definition) is 4. The fourth-order valence-corrected chi connectivity index (χ4v) is 3.83. The Balaban J connectivity index is 1.46. The molecule has 1 N–H and O–H groups in total. The number of amides is 1. The van der Waals surface area contributed by atoms with Gasteiger partial charge in [0.05, 0.1) is 15.6 Å². The van der Waals surface area contributed by atoms with Crippen LogP contribution >= 0.6 is 23.4 Å². The van der Waals surface area contributed by atoms with E-state index in [9.17, 15) is 9.18 Å². The molecule has 0 aliphatic carbocycles. The Hall–Kier alpha value is -3.09. The minimum Gasteiger partial charge on any atom is -0.487 e. The number of thioether (sulfide) groups is 1. The molecule has 0 unspecified atom stereocenters. The summed E-state index contributed by atoms with van der Waals surface area (Å²) in [5.74, 6) is -0.102. The molecule has 1 heterocycles. The zero-order valence-electron chi connectivity index (χ0n) is 15.6. The van der Waals surface area contributed by atoms with E-state index in [-0.39, 0.29) is 18.3 Å². The number of nitrogens with one attached hydrogen (secondary N) is 1. The monoisotopic (exact) mass is 438 g/mol. The molecule has 0 saturated carbocycles. The predicted molar refractivity (Wildman–Crippen MR) is 119 cm³/mol. The van der Waals surface area contributed by atoms with Gasteiger partial charge in [-0.25, -0.2) is 9.38 Å². The molecule has 1 aliphatic heterocycles. The van der Waals surface area contributed by atoms with Gasteiger partial charge in [0, 0.05) is 5.56 Å². The first-order valence-corrected chi connectivity index (χ1v) is 10.3. The average molecular weight is 439 g/mol. The van der Waals surface area contributed by atoms with Crippen LogP contribution in [0.5, 0.6) is 5.75 Å². The first kappa shape index (κ1) is 20.2. The van der Waals surface area contributed by atoms with Crippen molar-refractivity contribution < 1.29 is 13.9 Å². The molecule has 0 bridgehead atoms. The lowest BCUT2D eigenvalue weighted by Crippen LogP contribution is -2.19. The summed E-state index contributed by atoms with van der Waals surface area (Å²) in [4.78, 5) is 17.2. The zero-order chi connectivity index (χ0) is 20.9. The second-order valence-electron chi connectivity index (χ2n) is 6.39. The highest BCUT2D eigenvalue weighted by Crippen LogP contribution is 2.31.